The van der Waals surface area contributed by atoms with E-state index >= 15 is 0 Å². The first kappa shape index (κ1) is 20.8. The largest absolute Gasteiger partial charge is 0.377 e. The van der Waals surface area contributed by atoms with Crippen LogP contribution in [0.4, 0.5) is 5.69 Å². The fourth-order valence-corrected chi connectivity index (χ4v) is 1.60. The molecule has 0 aliphatic rings. The molecule has 2 nitrogen and oxygen atoms in total. The van der Waals surface area contributed by atoms with Gasteiger partial charge in [0, 0.05) is 25.2 Å². The van der Waals surface area contributed by atoms with Crippen molar-refractivity contribution in [3.8, 4) is 0 Å². The minimum absolute atomic E-state index is 1.28. The zero-order valence-electron chi connectivity index (χ0n) is 14.5. The van der Waals surface area contributed by atoms with Gasteiger partial charge in [0.05, 0.1) is 0 Å². The van der Waals surface area contributed by atoms with E-state index in [-0.39, 0.29) is 0 Å². The molecule has 2 aromatic rings. The molecule has 0 bridgehead atoms. The topological polar surface area (TPSA) is 15.3 Å². The molecule has 0 unspecified atom stereocenters. The van der Waals surface area contributed by atoms with Crippen molar-refractivity contribution in [2.45, 2.75) is 27.7 Å². The Morgan fingerprint density at radius 1 is 0.750 bits per heavy atom. The van der Waals surface area contributed by atoms with Gasteiger partial charge in [-0.25, -0.2) is 0 Å². The second-order valence-corrected chi connectivity index (χ2v) is 3.89. The zero-order chi connectivity index (χ0) is 16.0. The normalized spacial score (nSPS) is 8.20. The molecule has 20 heavy (non-hydrogen) atoms. The van der Waals surface area contributed by atoms with Gasteiger partial charge in [-0.1, -0.05) is 64.1 Å². The van der Waals surface area contributed by atoms with Crippen LogP contribution in [0.25, 0.3) is 10.8 Å². The average molecular weight is 276 g/mol. The third-order valence-electron chi connectivity index (χ3n) is 2.25. The highest BCUT2D eigenvalue weighted by atomic mass is 15.1. The van der Waals surface area contributed by atoms with E-state index in [4.69, 9.17) is 0 Å². The number of hydrogen-bond donors (Lipinski definition) is 1. The molecule has 1 N–H and O–H groups in total. The lowest BCUT2D eigenvalue weighted by Crippen LogP contribution is -2.08. The highest BCUT2D eigenvalue weighted by molar-refractivity contribution is 5.94. The van der Waals surface area contributed by atoms with Gasteiger partial charge in [0.2, 0.25) is 0 Å². The second-order valence-electron chi connectivity index (χ2n) is 3.89. The number of rotatable bonds is 1. The Hall–Kier alpha value is -1.54. The van der Waals surface area contributed by atoms with E-state index in [1.54, 1.807) is 0 Å². The van der Waals surface area contributed by atoms with Crippen molar-refractivity contribution in [1.29, 1.82) is 0 Å². The van der Waals surface area contributed by atoms with E-state index in [0.29, 0.717) is 0 Å². The highest BCUT2D eigenvalue weighted by Gasteiger charge is 1.99. The smallest absolute Gasteiger partial charge is 0.0440 e. The van der Waals surface area contributed by atoms with Gasteiger partial charge in [0.15, 0.2) is 0 Å². The molecule has 114 valence electrons. The van der Waals surface area contributed by atoms with Crippen molar-refractivity contribution in [1.82, 2.24) is 5.32 Å². The van der Waals surface area contributed by atoms with Gasteiger partial charge in [-0.2, -0.15) is 0 Å². The Morgan fingerprint density at radius 3 is 1.70 bits per heavy atom. The van der Waals surface area contributed by atoms with Crippen molar-refractivity contribution >= 4 is 16.5 Å². The number of nitrogens with zero attached hydrogens (tertiary/aromatic N) is 1. The van der Waals surface area contributed by atoms with Crippen LogP contribution < -0.4 is 10.2 Å². The molecule has 2 heteroatoms. The monoisotopic (exact) mass is 276 g/mol. The van der Waals surface area contributed by atoms with Gasteiger partial charge < -0.3 is 10.2 Å². The lowest BCUT2D eigenvalue weighted by Gasteiger charge is -2.14. The van der Waals surface area contributed by atoms with E-state index in [1.165, 1.54) is 16.5 Å². The Balaban J connectivity index is 0. The third-order valence-corrected chi connectivity index (χ3v) is 2.25. The van der Waals surface area contributed by atoms with Crippen LogP contribution in [0.5, 0.6) is 0 Å². The Morgan fingerprint density at radius 2 is 1.20 bits per heavy atom. The molecule has 0 saturated carbocycles. The predicted octanol–water partition coefficient (Wildman–Crippen LogP) is 4.79. The summed E-state index contributed by atoms with van der Waals surface area (Å²) in [7, 11) is 7.89. The maximum Gasteiger partial charge on any atom is 0.0440 e. The van der Waals surface area contributed by atoms with Crippen LogP contribution in [-0.2, 0) is 0 Å². The summed E-state index contributed by atoms with van der Waals surface area (Å²) in [5.74, 6) is 0. The zero-order valence-corrected chi connectivity index (χ0v) is 14.5. The average Bonchev–Trinajstić information content (AvgIpc) is 2.51. The maximum absolute atomic E-state index is 2.75. The number of anilines is 1. The molecule has 0 heterocycles. The number of fused-ring (bicyclic) bond motifs is 1. The molecule has 0 aromatic heterocycles. The molecule has 0 amide bonds. The summed E-state index contributed by atoms with van der Waals surface area (Å²) in [6.07, 6.45) is 0. The van der Waals surface area contributed by atoms with E-state index in [1.807, 2.05) is 41.8 Å². The highest BCUT2D eigenvalue weighted by Crippen LogP contribution is 2.24. The van der Waals surface area contributed by atoms with Gasteiger partial charge in [-0.3, -0.25) is 0 Å². The van der Waals surface area contributed by atoms with Crippen LogP contribution in [0.15, 0.2) is 42.5 Å². The molecule has 0 radical (unpaired) electrons. The van der Waals surface area contributed by atoms with E-state index < -0.39 is 0 Å². The number of benzene rings is 2. The summed E-state index contributed by atoms with van der Waals surface area (Å²) in [5, 5.41) is 5.36. The molecule has 0 aliphatic heterocycles. The van der Waals surface area contributed by atoms with Crippen LogP contribution in [0.1, 0.15) is 27.7 Å². The lowest BCUT2D eigenvalue weighted by molar-refractivity contribution is 1.02. The van der Waals surface area contributed by atoms with Crippen LogP contribution in [0.3, 0.4) is 0 Å². The van der Waals surface area contributed by atoms with E-state index in [9.17, 15) is 0 Å². The Bertz CT molecular complexity index is 431. The fraction of sp³-hybridized carbons (Fsp3) is 0.444. The van der Waals surface area contributed by atoms with Gasteiger partial charge >= 0.3 is 0 Å². The van der Waals surface area contributed by atoms with Crippen molar-refractivity contribution in [2.24, 2.45) is 0 Å². The molecule has 2 rings (SSSR count). The predicted molar refractivity (Wildman–Crippen MR) is 96.0 cm³/mol. The van der Waals surface area contributed by atoms with Crippen molar-refractivity contribution in [2.75, 3.05) is 33.1 Å². The molecule has 0 fully saturated rings. The minimum atomic E-state index is 1.28. The SMILES string of the molecule is CC.CC.CN(C)c1cccc2ccccc12.CNC. The maximum atomic E-state index is 2.75. The molecule has 0 spiro atoms. The van der Waals surface area contributed by atoms with Gasteiger partial charge in [-0.05, 0) is 25.5 Å². The minimum Gasteiger partial charge on any atom is -0.377 e. The van der Waals surface area contributed by atoms with Crippen molar-refractivity contribution in [3.63, 3.8) is 0 Å². The molecular formula is C18H32N2. The first-order valence-electron chi connectivity index (χ1n) is 7.44. The van der Waals surface area contributed by atoms with Crippen molar-refractivity contribution in [3.05, 3.63) is 42.5 Å². The first-order chi connectivity index (χ1) is 9.70. The lowest BCUT2D eigenvalue weighted by atomic mass is 10.1. The summed E-state index contributed by atoms with van der Waals surface area (Å²) >= 11 is 0. The summed E-state index contributed by atoms with van der Waals surface area (Å²) in [6, 6.07) is 14.8. The first-order valence-corrected chi connectivity index (χ1v) is 7.44. The molecule has 0 saturated heterocycles. The second kappa shape index (κ2) is 13.9. The third kappa shape index (κ3) is 7.15. The van der Waals surface area contributed by atoms with Gasteiger partial charge in [0.1, 0.15) is 0 Å². The van der Waals surface area contributed by atoms with Crippen molar-refractivity contribution < 1.29 is 0 Å². The number of hydrogen-bond acceptors (Lipinski definition) is 2. The van der Waals surface area contributed by atoms with Gasteiger partial charge in [-0.15, -0.1) is 0 Å². The Labute approximate surface area is 125 Å². The molecule has 0 atom stereocenters. The molecule has 2 aromatic carbocycles. The quantitative estimate of drug-likeness (QED) is 0.805. The standard InChI is InChI=1S/C12H13N.C2H7N.2C2H6/c1-13(2)12-9-5-7-10-6-3-4-8-11(10)12;1-3-2;2*1-2/h3-9H,1-2H3;3H,1-2H3;2*1-2H3. The summed E-state index contributed by atoms with van der Waals surface area (Å²) < 4.78 is 0. The summed E-state index contributed by atoms with van der Waals surface area (Å²) in [4.78, 5) is 2.14. The van der Waals surface area contributed by atoms with Crippen LogP contribution >= 0.6 is 0 Å². The fourth-order valence-electron chi connectivity index (χ4n) is 1.60. The van der Waals surface area contributed by atoms with Crippen LogP contribution in [-0.4, -0.2) is 28.2 Å². The summed E-state index contributed by atoms with van der Waals surface area (Å²) in [5.41, 5.74) is 1.28. The van der Waals surface area contributed by atoms with Gasteiger partial charge in [0.25, 0.3) is 0 Å². The summed E-state index contributed by atoms with van der Waals surface area (Å²) in [6.45, 7) is 8.00. The van der Waals surface area contributed by atoms with Crippen LogP contribution in [0, 0.1) is 0 Å². The van der Waals surface area contributed by atoms with E-state index in [2.05, 4.69) is 66.8 Å². The molecular weight excluding hydrogens is 244 g/mol. The Kier molecular flexibility index (Phi) is 14.4. The molecule has 0 aliphatic carbocycles. The van der Waals surface area contributed by atoms with Crippen LogP contribution in [0.2, 0.25) is 0 Å². The van der Waals surface area contributed by atoms with E-state index in [0.717, 1.165) is 0 Å². The number of nitrogens with one attached hydrogen (secondary N) is 1.